The Morgan fingerprint density at radius 1 is 1.12 bits per heavy atom. The van der Waals surface area contributed by atoms with E-state index in [-0.39, 0.29) is 27.0 Å². The number of benzene rings is 1. The molecule has 0 aliphatic heterocycles. The van der Waals surface area contributed by atoms with Crippen LogP contribution in [0.3, 0.4) is 0 Å². The zero-order valence-corrected chi connectivity index (χ0v) is 16.0. The van der Waals surface area contributed by atoms with Crippen LogP contribution in [0.1, 0.15) is 21.1 Å². The largest absolute Gasteiger partial charge is 0.493 e. The van der Waals surface area contributed by atoms with Gasteiger partial charge in [0.2, 0.25) is 0 Å². The van der Waals surface area contributed by atoms with E-state index in [4.69, 9.17) is 14.2 Å². The van der Waals surface area contributed by atoms with Crippen LogP contribution in [0.2, 0.25) is 0 Å². The lowest BCUT2D eigenvalue weighted by atomic mass is 10.1. The van der Waals surface area contributed by atoms with Crippen LogP contribution < -0.4 is 14.2 Å². The number of hydrogen-bond donors (Lipinski definition) is 1. The number of aromatic nitrogens is 1. The maximum atomic E-state index is 12.7. The molecule has 25 heavy (non-hydrogen) atoms. The molecule has 1 aromatic carbocycles. The zero-order valence-electron chi connectivity index (χ0n) is 14.4. The molecule has 2 aromatic rings. The first kappa shape index (κ1) is 19.0. The lowest BCUT2D eigenvalue weighted by Crippen LogP contribution is -2.16. The van der Waals surface area contributed by atoms with E-state index in [2.05, 4.69) is 9.71 Å². The SMILES string of the molecule is COC(=O)c1cc(OC)c(OC)cc1NS(=O)(=O)c1sc(C)nc1C. The van der Waals surface area contributed by atoms with Crippen LogP contribution >= 0.6 is 11.3 Å². The van der Waals surface area contributed by atoms with Gasteiger partial charge in [-0.1, -0.05) is 0 Å². The number of ether oxygens (including phenoxy) is 3. The summed E-state index contributed by atoms with van der Waals surface area (Å²) >= 11 is 1.04. The molecule has 0 aliphatic rings. The molecular formula is C15H18N2O6S2. The molecule has 0 unspecified atom stereocenters. The number of nitrogens with one attached hydrogen (secondary N) is 1. The number of carbonyl (C=O) groups excluding carboxylic acids is 1. The van der Waals surface area contributed by atoms with Crippen molar-refractivity contribution in [3.63, 3.8) is 0 Å². The first-order chi connectivity index (χ1) is 11.7. The smallest absolute Gasteiger partial charge is 0.340 e. The van der Waals surface area contributed by atoms with Crippen LogP contribution in [0.5, 0.6) is 11.5 Å². The number of methoxy groups -OCH3 is 3. The van der Waals surface area contributed by atoms with Crippen molar-refractivity contribution < 1.29 is 27.4 Å². The number of esters is 1. The number of carbonyl (C=O) groups is 1. The monoisotopic (exact) mass is 386 g/mol. The summed E-state index contributed by atoms with van der Waals surface area (Å²) in [5, 5.41) is 0.623. The number of rotatable bonds is 6. The first-order valence-electron chi connectivity index (χ1n) is 7.04. The summed E-state index contributed by atoms with van der Waals surface area (Å²) < 4.78 is 42.9. The second-order valence-electron chi connectivity index (χ2n) is 4.96. The molecular weight excluding hydrogens is 368 g/mol. The molecule has 0 saturated carbocycles. The quantitative estimate of drug-likeness (QED) is 0.760. The highest BCUT2D eigenvalue weighted by molar-refractivity contribution is 7.94. The molecule has 0 spiro atoms. The summed E-state index contributed by atoms with van der Waals surface area (Å²) in [7, 11) is 0.0886. The molecule has 0 amide bonds. The predicted octanol–water partition coefficient (Wildman–Crippen LogP) is 2.36. The van der Waals surface area contributed by atoms with Gasteiger partial charge in [0.25, 0.3) is 10.0 Å². The second-order valence-corrected chi connectivity index (χ2v) is 8.04. The van der Waals surface area contributed by atoms with Gasteiger partial charge in [0, 0.05) is 12.1 Å². The fraction of sp³-hybridized carbons (Fsp3) is 0.333. The maximum Gasteiger partial charge on any atom is 0.340 e. The zero-order chi connectivity index (χ0) is 18.8. The summed E-state index contributed by atoms with van der Waals surface area (Å²) in [6.07, 6.45) is 0. The number of thiazole rings is 1. The summed E-state index contributed by atoms with van der Waals surface area (Å²) in [6, 6.07) is 2.72. The van der Waals surface area contributed by atoms with Crippen molar-refractivity contribution in [1.29, 1.82) is 0 Å². The van der Waals surface area contributed by atoms with E-state index in [1.54, 1.807) is 13.8 Å². The summed E-state index contributed by atoms with van der Waals surface area (Å²) in [4.78, 5) is 16.1. The Labute approximate surface area is 149 Å². The van der Waals surface area contributed by atoms with Crippen LogP contribution in [-0.4, -0.2) is 40.7 Å². The van der Waals surface area contributed by atoms with Gasteiger partial charge in [-0.25, -0.2) is 18.2 Å². The number of aryl methyl sites for hydroxylation is 2. The van der Waals surface area contributed by atoms with Crippen molar-refractivity contribution in [1.82, 2.24) is 4.98 Å². The van der Waals surface area contributed by atoms with Gasteiger partial charge in [-0.2, -0.15) is 0 Å². The average molecular weight is 386 g/mol. The lowest BCUT2D eigenvalue weighted by Gasteiger charge is -2.15. The molecule has 0 saturated heterocycles. The third kappa shape index (κ3) is 3.85. The van der Waals surface area contributed by atoms with E-state index in [0.717, 1.165) is 11.3 Å². The van der Waals surface area contributed by atoms with Gasteiger partial charge >= 0.3 is 5.97 Å². The van der Waals surface area contributed by atoms with E-state index in [0.29, 0.717) is 10.7 Å². The molecule has 10 heteroatoms. The van der Waals surface area contributed by atoms with Crippen molar-refractivity contribution in [2.45, 2.75) is 18.1 Å². The standard InChI is InChI=1S/C15H18N2O6S2/c1-8-15(24-9(2)16-8)25(19,20)17-11-7-13(22-4)12(21-3)6-10(11)14(18)23-5/h6-7,17H,1-5H3. The lowest BCUT2D eigenvalue weighted by molar-refractivity contribution is 0.0601. The topological polar surface area (TPSA) is 104 Å². The third-order valence-corrected chi connectivity index (χ3v) is 6.33. The number of nitrogens with zero attached hydrogens (tertiary/aromatic N) is 1. The number of hydrogen-bond acceptors (Lipinski definition) is 8. The maximum absolute atomic E-state index is 12.7. The van der Waals surface area contributed by atoms with Crippen molar-refractivity contribution in [3.05, 3.63) is 28.4 Å². The summed E-state index contributed by atoms with van der Waals surface area (Å²) in [6.45, 7) is 3.32. The summed E-state index contributed by atoms with van der Waals surface area (Å²) in [5.74, 6) is -0.170. The minimum atomic E-state index is -3.93. The van der Waals surface area contributed by atoms with Gasteiger partial charge in [0.15, 0.2) is 15.7 Å². The molecule has 0 fully saturated rings. The van der Waals surface area contributed by atoms with Crippen molar-refractivity contribution in [2.24, 2.45) is 0 Å². The second kappa shape index (κ2) is 7.28. The molecule has 136 valence electrons. The van der Waals surface area contributed by atoms with E-state index in [9.17, 15) is 13.2 Å². The number of sulfonamides is 1. The Morgan fingerprint density at radius 3 is 2.20 bits per heavy atom. The van der Waals surface area contributed by atoms with Crippen molar-refractivity contribution >= 4 is 33.0 Å². The van der Waals surface area contributed by atoms with Gasteiger partial charge in [0.1, 0.15) is 0 Å². The van der Waals surface area contributed by atoms with E-state index in [1.807, 2.05) is 0 Å². The van der Waals surface area contributed by atoms with Gasteiger partial charge in [0.05, 0.1) is 43.3 Å². The molecule has 2 rings (SSSR count). The minimum Gasteiger partial charge on any atom is -0.493 e. The normalized spacial score (nSPS) is 11.1. The number of anilines is 1. The fourth-order valence-corrected chi connectivity index (χ4v) is 4.75. The van der Waals surface area contributed by atoms with E-state index < -0.39 is 16.0 Å². The van der Waals surface area contributed by atoms with Gasteiger partial charge in [-0.3, -0.25) is 4.72 Å². The fourth-order valence-electron chi connectivity index (χ4n) is 2.20. The molecule has 0 atom stereocenters. The van der Waals surface area contributed by atoms with Crippen LogP contribution in [0.15, 0.2) is 16.3 Å². The van der Waals surface area contributed by atoms with Crippen LogP contribution in [-0.2, 0) is 14.8 Å². The summed E-state index contributed by atoms with van der Waals surface area (Å²) in [5.41, 5.74) is 0.410. The molecule has 1 N–H and O–H groups in total. The molecule has 0 bridgehead atoms. The Balaban J connectivity index is 2.57. The molecule has 1 heterocycles. The molecule has 0 aliphatic carbocycles. The molecule has 1 aromatic heterocycles. The minimum absolute atomic E-state index is 0.00242. The predicted molar refractivity (Wildman–Crippen MR) is 93.3 cm³/mol. The Kier molecular flexibility index (Phi) is 5.53. The highest BCUT2D eigenvalue weighted by Crippen LogP contribution is 2.35. The van der Waals surface area contributed by atoms with Gasteiger partial charge in [-0.05, 0) is 13.8 Å². The van der Waals surface area contributed by atoms with Crippen molar-refractivity contribution in [2.75, 3.05) is 26.1 Å². The third-order valence-electron chi connectivity index (χ3n) is 3.28. The van der Waals surface area contributed by atoms with Crippen LogP contribution in [0.25, 0.3) is 0 Å². The Bertz CT molecular complexity index is 905. The average Bonchev–Trinajstić information content (AvgIpc) is 2.92. The van der Waals surface area contributed by atoms with E-state index >= 15 is 0 Å². The Morgan fingerprint density at radius 2 is 1.72 bits per heavy atom. The van der Waals surface area contributed by atoms with Gasteiger partial charge < -0.3 is 14.2 Å². The highest BCUT2D eigenvalue weighted by atomic mass is 32.2. The molecule has 0 radical (unpaired) electrons. The van der Waals surface area contributed by atoms with Crippen LogP contribution in [0.4, 0.5) is 5.69 Å². The molecule has 8 nitrogen and oxygen atoms in total. The van der Waals surface area contributed by atoms with E-state index in [1.165, 1.54) is 33.5 Å². The van der Waals surface area contributed by atoms with Crippen LogP contribution in [0, 0.1) is 13.8 Å². The Hall–Kier alpha value is -2.33. The van der Waals surface area contributed by atoms with Crippen molar-refractivity contribution in [3.8, 4) is 11.5 Å². The first-order valence-corrected chi connectivity index (χ1v) is 9.34. The van der Waals surface area contributed by atoms with Gasteiger partial charge in [-0.15, -0.1) is 11.3 Å². The highest BCUT2D eigenvalue weighted by Gasteiger charge is 2.25.